The van der Waals surface area contributed by atoms with Gasteiger partial charge in [0.2, 0.25) is 5.89 Å². The molecule has 1 heterocycles. The number of nitrogens with zero attached hydrogens (tertiary/aromatic N) is 2. The zero-order chi connectivity index (χ0) is 14.9. The lowest BCUT2D eigenvalue weighted by Crippen LogP contribution is -2.38. The predicted octanol–water partition coefficient (Wildman–Crippen LogP) is 2.44. The van der Waals surface area contributed by atoms with E-state index >= 15 is 0 Å². The monoisotopic (exact) mass is 287 g/mol. The van der Waals surface area contributed by atoms with E-state index in [0.29, 0.717) is 18.1 Å². The first-order valence-electron chi connectivity index (χ1n) is 7.33. The summed E-state index contributed by atoms with van der Waals surface area (Å²) < 4.78 is 10.6. The van der Waals surface area contributed by atoms with Crippen LogP contribution in [0.15, 0.2) is 28.8 Å². The van der Waals surface area contributed by atoms with Gasteiger partial charge in [-0.15, -0.1) is 0 Å². The third-order valence-corrected chi connectivity index (χ3v) is 4.51. The average molecular weight is 287 g/mol. The second-order valence-electron chi connectivity index (χ2n) is 5.96. The summed E-state index contributed by atoms with van der Waals surface area (Å²) in [7, 11) is 1.66. The van der Waals surface area contributed by atoms with Crippen molar-refractivity contribution in [3.05, 3.63) is 41.5 Å². The second-order valence-corrected chi connectivity index (χ2v) is 5.96. The Morgan fingerprint density at radius 2 is 2.14 bits per heavy atom. The van der Waals surface area contributed by atoms with E-state index in [9.17, 15) is 0 Å². The molecule has 0 amide bonds. The van der Waals surface area contributed by atoms with E-state index in [1.165, 1.54) is 0 Å². The molecule has 1 aromatic heterocycles. The maximum atomic E-state index is 6.20. The van der Waals surface area contributed by atoms with Crippen LogP contribution in [0.25, 0.3) is 0 Å². The molecule has 1 fully saturated rings. The molecule has 1 saturated carbocycles. The molecule has 0 bridgehead atoms. The molecule has 2 unspecified atom stereocenters. The standard InChI is InChI=1S/C16H21N3O2/c1-16(9-3-4-13(16)17)15-18-14(19-21-15)10-11-5-7-12(20-2)8-6-11/h5-8,13H,3-4,9-10,17H2,1-2H3. The van der Waals surface area contributed by atoms with E-state index in [1.807, 2.05) is 24.3 Å². The first-order valence-corrected chi connectivity index (χ1v) is 7.33. The van der Waals surface area contributed by atoms with Crippen LogP contribution < -0.4 is 10.5 Å². The number of benzene rings is 1. The molecule has 5 nitrogen and oxygen atoms in total. The maximum absolute atomic E-state index is 6.20. The maximum Gasteiger partial charge on any atom is 0.234 e. The van der Waals surface area contributed by atoms with Gasteiger partial charge in [0.1, 0.15) is 5.75 Å². The van der Waals surface area contributed by atoms with E-state index in [0.717, 1.165) is 30.6 Å². The number of rotatable bonds is 4. The fraction of sp³-hybridized carbons (Fsp3) is 0.500. The summed E-state index contributed by atoms with van der Waals surface area (Å²) >= 11 is 0. The van der Waals surface area contributed by atoms with Crippen LogP contribution in [-0.4, -0.2) is 23.3 Å². The van der Waals surface area contributed by atoms with E-state index in [-0.39, 0.29) is 11.5 Å². The highest BCUT2D eigenvalue weighted by Crippen LogP contribution is 2.38. The van der Waals surface area contributed by atoms with Crippen LogP contribution in [0.5, 0.6) is 5.75 Å². The molecule has 5 heteroatoms. The molecule has 2 atom stereocenters. The Hall–Kier alpha value is -1.88. The van der Waals surface area contributed by atoms with Gasteiger partial charge in [-0.3, -0.25) is 0 Å². The van der Waals surface area contributed by atoms with Gasteiger partial charge in [-0.25, -0.2) is 0 Å². The lowest BCUT2D eigenvalue weighted by Gasteiger charge is -2.23. The number of hydrogen-bond acceptors (Lipinski definition) is 5. The normalized spacial score (nSPS) is 25.2. The summed E-state index contributed by atoms with van der Waals surface area (Å²) in [6, 6.07) is 8.00. The number of nitrogens with two attached hydrogens (primary N) is 1. The first-order chi connectivity index (χ1) is 10.1. The lowest BCUT2D eigenvalue weighted by molar-refractivity contribution is 0.276. The Labute approximate surface area is 124 Å². The number of aromatic nitrogens is 2. The van der Waals surface area contributed by atoms with Crippen LogP contribution in [0.4, 0.5) is 0 Å². The topological polar surface area (TPSA) is 74.2 Å². The van der Waals surface area contributed by atoms with E-state index in [4.69, 9.17) is 15.0 Å². The van der Waals surface area contributed by atoms with Gasteiger partial charge in [-0.2, -0.15) is 4.98 Å². The van der Waals surface area contributed by atoms with Crippen molar-refractivity contribution >= 4 is 0 Å². The third kappa shape index (κ3) is 2.65. The van der Waals surface area contributed by atoms with Crippen LogP contribution in [0.1, 0.15) is 43.5 Å². The molecule has 21 heavy (non-hydrogen) atoms. The highest BCUT2D eigenvalue weighted by atomic mass is 16.5. The Bertz CT molecular complexity index is 608. The number of hydrogen-bond donors (Lipinski definition) is 1. The average Bonchev–Trinajstić information content (AvgIpc) is 3.09. The van der Waals surface area contributed by atoms with Crippen molar-refractivity contribution in [3.63, 3.8) is 0 Å². The Kier molecular flexibility index (Phi) is 3.68. The molecular formula is C16H21N3O2. The van der Waals surface area contributed by atoms with Crippen LogP contribution >= 0.6 is 0 Å². The zero-order valence-corrected chi connectivity index (χ0v) is 12.5. The van der Waals surface area contributed by atoms with Crippen LogP contribution in [-0.2, 0) is 11.8 Å². The Morgan fingerprint density at radius 1 is 1.38 bits per heavy atom. The smallest absolute Gasteiger partial charge is 0.234 e. The SMILES string of the molecule is COc1ccc(Cc2noc(C3(C)CCCC3N)n2)cc1. The quantitative estimate of drug-likeness (QED) is 0.935. The molecule has 0 aliphatic heterocycles. The molecule has 1 aliphatic rings. The van der Waals surface area contributed by atoms with Crippen LogP contribution in [0.3, 0.4) is 0 Å². The van der Waals surface area contributed by atoms with Gasteiger partial charge in [0.15, 0.2) is 5.82 Å². The highest BCUT2D eigenvalue weighted by Gasteiger charge is 2.42. The van der Waals surface area contributed by atoms with Crippen molar-refractivity contribution in [1.29, 1.82) is 0 Å². The number of methoxy groups -OCH3 is 1. The molecule has 1 aliphatic carbocycles. The Morgan fingerprint density at radius 3 is 2.76 bits per heavy atom. The minimum Gasteiger partial charge on any atom is -0.497 e. The zero-order valence-electron chi connectivity index (χ0n) is 12.5. The minimum atomic E-state index is -0.175. The molecular weight excluding hydrogens is 266 g/mol. The summed E-state index contributed by atoms with van der Waals surface area (Å²) in [6.07, 6.45) is 3.80. The molecule has 0 saturated heterocycles. The largest absolute Gasteiger partial charge is 0.497 e. The molecule has 0 radical (unpaired) electrons. The van der Waals surface area contributed by atoms with Gasteiger partial charge in [0.25, 0.3) is 0 Å². The van der Waals surface area contributed by atoms with Crippen molar-refractivity contribution in [2.75, 3.05) is 7.11 Å². The molecule has 2 N–H and O–H groups in total. The molecule has 112 valence electrons. The van der Waals surface area contributed by atoms with Gasteiger partial charge in [-0.05, 0) is 37.5 Å². The lowest BCUT2D eigenvalue weighted by atomic mass is 9.85. The van der Waals surface area contributed by atoms with Crippen molar-refractivity contribution in [2.45, 2.75) is 44.1 Å². The summed E-state index contributed by atoms with van der Waals surface area (Å²) in [6.45, 7) is 2.12. The fourth-order valence-electron chi connectivity index (χ4n) is 2.94. The van der Waals surface area contributed by atoms with E-state index in [2.05, 4.69) is 17.1 Å². The number of ether oxygens (including phenoxy) is 1. The van der Waals surface area contributed by atoms with Crippen LogP contribution in [0.2, 0.25) is 0 Å². The second kappa shape index (κ2) is 5.48. The molecule has 3 rings (SSSR count). The molecule has 0 spiro atoms. The summed E-state index contributed by atoms with van der Waals surface area (Å²) in [4.78, 5) is 4.56. The predicted molar refractivity (Wildman–Crippen MR) is 79.3 cm³/mol. The fourth-order valence-corrected chi connectivity index (χ4v) is 2.94. The van der Waals surface area contributed by atoms with Crippen molar-refractivity contribution in [1.82, 2.24) is 10.1 Å². The first kappa shape index (κ1) is 14.1. The van der Waals surface area contributed by atoms with E-state index < -0.39 is 0 Å². The van der Waals surface area contributed by atoms with Crippen molar-refractivity contribution in [3.8, 4) is 5.75 Å². The van der Waals surface area contributed by atoms with Crippen molar-refractivity contribution < 1.29 is 9.26 Å². The van der Waals surface area contributed by atoms with Crippen molar-refractivity contribution in [2.24, 2.45) is 5.73 Å². The Balaban J connectivity index is 1.75. The summed E-state index contributed by atoms with van der Waals surface area (Å²) in [5.41, 5.74) is 7.15. The van der Waals surface area contributed by atoms with Crippen LogP contribution in [0, 0.1) is 0 Å². The van der Waals surface area contributed by atoms with Gasteiger partial charge < -0.3 is 15.0 Å². The highest BCUT2D eigenvalue weighted by molar-refractivity contribution is 5.28. The third-order valence-electron chi connectivity index (χ3n) is 4.51. The van der Waals surface area contributed by atoms with Gasteiger partial charge in [0, 0.05) is 12.5 Å². The van der Waals surface area contributed by atoms with Gasteiger partial charge in [0.05, 0.1) is 12.5 Å². The van der Waals surface area contributed by atoms with Gasteiger partial charge >= 0.3 is 0 Å². The van der Waals surface area contributed by atoms with E-state index in [1.54, 1.807) is 7.11 Å². The minimum absolute atomic E-state index is 0.104. The van der Waals surface area contributed by atoms with Gasteiger partial charge in [-0.1, -0.05) is 23.7 Å². The summed E-state index contributed by atoms with van der Waals surface area (Å²) in [5, 5.41) is 4.11. The molecule has 1 aromatic carbocycles. The summed E-state index contributed by atoms with van der Waals surface area (Å²) in [5.74, 6) is 2.23. The molecule has 2 aromatic rings.